The molecular formula is C21H24N6O3. The summed E-state index contributed by atoms with van der Waals surface area (Å²) in [7, 11) is 0. The van der Waals surface area contributed by atoms with Crippen LogP contribution in [0.2, 0.25) is 0 Å². The van der Waals surface area contributed by atoms with E-state index in [0.29, 0.717) is 38.7 Å². The molecule has 0 bridgehead atoms. The van der Waals surface area contributed by atoms with Gasteiger partial charge in [-0.05, 0) is 37.1 Å². The molecule has 0 unspecified atom stereocenters. The van der Waals surface area contributed by atoms with Gasteiger partial charge in [0.1, 0.15) is 0 Å². The Kier molecular flexibility index (Phi) is 4.84. The van der Waals surface area contributed by atoms with Crippen LogP contribution in [0, 0.1) is 12.8 Å². The second kappa shape index (κ2) is 7.66. The third kappa shape index (κ3) is 3.50. The summed E-state index contributed by atoms with van der Waals surface area (Å²) in [6.45, 7) is 3.86. The fourth-order valence-electron chi connectivity index (χ4n) is 3.88. The molecule has 3 aromatic rings. The zero-order valence-electron chi connectivity index (χ0n) is 16.7. The van der Waals surface area contributed by atoms with Gasteiger partial charge >= 0.3 is 0 Å². The van der Waals surface area contributed by atoms with Gasteiger partial charge in [-0.15, -0.1) is 5.10 Å². The number of pyridine rings is 1. The van der Waals surface area contributed by atoms with E-state index in [9.17, 15) is 9.90 Å². The number of amides is 1. The Morgan fingerprint density at radius 3 is 2.77 bits per heavy atom. The molecule has 9 nitrogen and oxygen atoms in total. The second-order valence-electron chi connectivity index (χ2n) is 7.98. The summed E-state index contributed by atoms with van der Waals surface area (Å²) in [5.74, 6) is 0.442. The Morgan fingerprint density at radius 1 is 1.20 bits per heavy atom. The number of hydrogen-bond acceptors (Lipinski definition) is 7. The lowest BCUT2D eigenvalue weighted by atomic mass is 9.99. The predicted octanol–water partition coefficient (Wildman–Crippen LogP) is 1.12. The molecule has 2 aliphatic rings. The molecule has 0 aliphatic carbocycles. The molecule has 5 rings (SSSR count). The number of piperidine rings is 1. The van der Waals surface area contributed by atoms with Crippen molar-refractivity contribution in [2.45, 2.75) is 25.5 Å². The number of aliphatic hydroxyl groups excluding tert-OH is 1. The number of aliphatic hydroxyl groups is 1. The molecule has 0 saturated carbocycles. The van der Waals surface area contributed by atoms with Crippen LogP contribution in [0.4, 0.5) is 5.95 Å². The van der Waals surface area contributed by atoms with E-state index in [1.807, 2.05) is 37.4 Å². The molecule has 2 saturated heterocycles. The van der Waals surface area contributed by atoms with E-state index < -0.39 is 6.10 Å². The van der Waals surface area contributed by atoms with Gasteiger partial charge in [-0.2, -0.15) is 0 Å². The number of ether oxygens (including phenoxy) is 1. The van der Waals surface area contributed by atoms with Crippen LogP contribution < -0.4 is 5.32 Å². The van der Waals surface area contributed by atoms with Crippen LogP contribution in [0.5, 0.6) is 0 Å². The summed E-state index contributed by atoms with van der Waals surface area (Å²) < 4.78 is 6.90. The molecule has 5 heterocycles. The van der Waals surface area contributed by atoms with Crippen molar-refractivity contribution in [3.8, 4) is 11.4 Å². The summed E-state index contributed by atoms with van der Waals surface area (Å²) in [6.07, 6.45) is 3.51. The molecule has 0 spiro atoms. The van der Waals surface area contributed by atoms with Crippen LogP contribution in [0.25, 0.3) is 16.9 Å². The number of β-amino-alcohol motifs (C(OH)–C–C–N with tert-alkyl or cyclic N) is 1. The fourth-order valence-corrected chi connectivity index (χ4v) is 3.88. The molecular weight excluding hydrogens is 384 g/mol. The zero-order valence-corrected chi connectivity index (χ0v) is 16.7. The molecule has 156 valence electrons. The highest BCUT2D eigenvalue weighted by atomic mass is 16.5. The number of rotatable bonds is 4. The number of carbonyl (C=O) groups is 1. The number of hydrogen-bond donors (Lipinski definition) is 2. The van der Waals surface area contributed by atoms with Gasteiger partial charge in [0.25, 0.3) is 0 Å². The first kappa shape index (κ1) is 19.0. The van der Waals surface area contributed by atoms with Gasteiger partial charge < -0.3 is 20.1 Å². The van der Waals surface area contributed by atoms with E-state index in [2.05, 4.69) is 20.4 Å². The Balaban J connectivity index is 1.31. The van der Waals surface area contributed by atoms with Crippen molar-refractivity contribution >= 4 is 17.4 Å². The van der Waals surface area contributed by atoms with Crippen LogP contribution in [-0.2, 0) is 9.53 Å². The molecule has 0 radical (unpaired) electrons. The van der Waals surface area contributed by atoms with Crippen molar-refractivity contribution in [3.63, 3.8) is 0 Å². The molecule has 3 aromatic heterocycles. The minimum absolute atomic E-state index is 0.0602. The minimum Gasteiger partial charge on any atom is -0.389 e. The Hall–Kier alpha value is -3.04. The lowest BCUT2D eigenvalue weighted by Gasteiger charge is -2.39. The van der Waals surface area contributed by atoms with Gasteiger partial charge in [-0.3, -0.25) is 9.78 Å². The molecule has 1 amide bonds. The number of fused-ring (bicyclic) bond motifs is 1. The summed E-state index contributed by atoms with van der Waals surface area (Å²) in [5.41, 5.74) is 3.66. The smallest absolute Gasteiger partial charge is 0.241 e. The number of likely N-dealkylation sites (tertiary alicyclic amines) is 1. The van der Waals surface area contributed by atoms with Crippen LogP contribution in [0.1, 0.15) is 12.0 Å². The summed E-state index contributed by atoms with van der Waals surface area (Å²) in [6, 6.07) is 7.68. The quantitative estimate of drug-likeness (QED) is 0.666. The highest BCUT2D eigenvalue weighted by Gasteiger charge is 2.36. The molecule has 2 fully saturated rings. The highest BCUT2D eigenvalue weighted by molar-refractivity contribution is 5.80. The Labute approximate surface area is 173 Å². The predicted molar refractivity (Wildman–Crippen MR) is 110 cm³/mol. The number of nitrogens with zero attached hydrogens (tertiary/aromatic N) is 5. The monoisotopic (exact) mass is 408 g/mol. The fraction of sp³-hybridized carbons (Fsp3) is 0.429. The topological polar surface area (TPSA) is 105 Å². The summed E-state index contributed by atoms with van der Waals surface area (Å²) in [4.78, 5) is 23.0. The molecule has 30 heavy (non-hydrogen) atoms. The standard InChI is InChI=1S/C21H24N6O3/c1-13-2-4-16(22-8-13)18-5-3-15-9-23-21(25-27(15)18)24-17-6-7-26(10-19(17)28)20(29)14-11-30-12-14/h2-5,8-9,14,17,19,28H,6-7,10-12H2,1H3,(H,24,25)/t17-,19-/m1/s1. The molecule has 2 atom stereocenters. The van der Waals surface area contributed by atoms with Crippen molar-refractivity contribution in [1.82, 2.24) is 24.5 Å². The first-order chi connectivity index (χ1) is 14.6. The lowest BCUT2D eigenvalue weighted by molar-refractivity contribution is -0.153. The van der Waals surface area contributed by atoms with E-state index in [0.717, 1.165) is 22.5 Å². The summed E-state index contributed by atoms with van der Waals surface area (Å²) >= 11 is 0. The van der Waals surface area contributed by atoms with Crippen LogP contribution in [0.15, 0.2) is 36.7 Å². The second-order valence-corrected chi connectivity index (χ2v) is 7.98. The van der Waals surface area contributed by atoms with Gasteiger partial charge in [0, 0.05) is 19.3 Å². The largest absolute Gasteiger partial charge is 0.389 e. The van der Waals surface area contributed by atoms with Crippen LogP contribution in [-0.4, -0.2) is 73.9 Å². The Bertz CT molecular complexity index is 1060. The molecule has 2 N–H and O–H groups in total. The van der Waals surface area contributed by atoms with Crippen molar-refractivity contribution in [1.29, 1.82) is 0 Å². The van der Waals surface area contributed by atoms with Crippen molar-refractivity contribution in [3.05, 3.63) is 42.2 Å². The number of aromatic nitrogens is 4. The first-order valence-electron chi connectivity index (χ1n) is 10.2. The minimum atomic E-state index is -0.689. The van der Waals surface area contributed by atoms with E-state index in [4.69, 9.17) is 4.74 Å². The number of carbonyl (C=O) groups excluding carboxylic acids is 1. The molecule has 9 heteroatoms. The maximum Gasteiger partial charge on any atom is 0.241 e. The van der Waals surface area contributed by atoms with E-state index in [1.165, 1.54) is 0 Å². The van der Waals surface area contributed by atoms with Crippen molar-refractivity contribution in [2.75, 3.05) is 31.6 Å². The van der Waals surface area contributed by atoms with Gasteiger partial charge in [-0.1, -0.05) is 6.07 Å². The third-order valence-electron chi connectivity index (χ3n) is 5.77. The van der Waals surface area contributed by atoms with E-state index >= 15 is 0 Å². The van der Waals surface area contributed by atoms with E-state index in [1.54, 1.807) is 15.6 Å². The zero-order chi connectivity index (χ0) is 20.7. The molecule has 2 aliphatic heterocycles. The summed E-state index contributed by atoms with van der Waals surface area (Å²) in [5, 5.41) is 18.4. The number of anilines is 1. The Morgan fingerprint density at radius 2 is 2.07 bits per heavy atom. The van der Waals surface area contributed by atoms with Gasteiger partial charge in [-0.25, -0.2) is 9.50 Å². The average molecular weight is 408 g/mol. The van der Waals surface area contributed by atoms with E-state index in [-0.39, 0.29) is 17.9 Å². The van der Waals surface area contributed by atoms with Crippen molar-refractivity contribution in [2.24, 2.45) is 5.92 Å². The lowest BCUT2D eigenvalue weighted by Crippen LogP contribution is -2.55. The maximum absolute atomic E-state index is 12.4. The first-order valence-corrected chi connectivity index (χ1v) is 10.2. The van der Waals surface area contributed by atoms with Gasteiger partial charge in [0.05, 0.1) is 54.4 Å². The van der Waals surface area contributed by atoms with Gasteiger partial charge in [0.2, 0.25) is 11.9 Å². The molecule has 0 aromatic carbocycles. The number of aryl methyl sites for hydroxylation is 1. The number of nitrogens with one attached hydrogen (secondary N) is 1. The van der Waals surface area contributed by atoms with Gasteiger partial charge in [0.15, 0.2) is 0 Å². The highest BCUT2D eigenvalue weighted by Crippen LogP contribution is 2.22. The average Bonchev–Trinajstić information content (AvgIpc) is 3.12. The van der Waals surface area contributed by atoms with Crippen molar-refractivity contribution < 1.29 is 14.6 Å². The van der Waals surface area contributed by atoms with Crippen LogP contribution in [0.3, 0.4) is 0 Å². The SMILES string of the molecule is Cc1ccc(-c2ccc3cnc(N[C@@H]4CCN(C(=O)C5COC5)C[C@H]4O)nn23)nc1. The maximum atomic E-state index is 12.4. The normalized spacial score (nSPS) is 22.1. The third-order valence-corrected chi connectivity index (χ3v) is 5.77. The van der Waals surface area contributed by atoms with Crippen LogP contribution >= 0.6 is 0 Å².